The number of sulfonamides is 1. The molecular weight excluding hydrogens is 294 g/mol. The van der Waals surface area contributed by atoms with Crippen LogP contribution < -0.4 is 14.2 Å². The van der Waals surface area contributed by atoms with E-state index in [9.17, 15) is 13.5 Å². The van der Waals surface area contributed by atoms with Crippen molar-refractivity contribution in [1.29, 1.82) is 0 Å². The second-order valence-electron chi connectivity index (χ2n) is 5.23. The Morgan fingerprint density at radius 1 is 1.29 bits per heavy atom. The number of aliphatic hydroxyl groups excluding tert-OH is 1. The number of nitrogens with one attached hydrogen (secondary N) is 1. The topological polar surface area (TPSA) is 84.9 Å². The second kappa shape index (κ2) is 6.21. The number of benzene rings is 1. The molecule has 0 aromatic heterocycles. The highest BCUT2D eigenvalue weighted by Gasteiger charge is 2.31. The minimum atomic E-state index is -3.69. The zero-order valence-electron chi connectivity index (χ0n) is 12.4. The van der Waals surface area contributed by atoms with Gasteiger partial charge >= 0.3 is 0 Å². The fourth-order valence-corrected chi connectivity index (χ4v) is 3.46. The van der Waals surface area contributed by atoms with Gasteiger partial charge in [0.05, 0.1) is 25.2 Å². The SMILES string of the molecule is COc1cc(C)c(S(=O)(=O)NCC(O)C2CC2)cc1OC. The van der Waals surface area contributed by atoms with Crippen molar-refractivity contribution in [2.75, 3.05) is 20.8 Å². The summed E-state index contributed by atoms with van der Waals surface area (Å²) in [6.07, 6.45) is 1.29. The molecule has 1 saturated carbocycles. The zero-order valence-corrected chi connectivity index (χ0v) is 13.2. The van der Waals surface area contributed by atoms with Crippen LogP contribution in [0.5, 0.6) is 11.5 Å². The molecule has 0 saturated heterocycles. The van der Waals surface area contributed by atoms with Crippen molar-refractivity contribution >= 4 is 10.0 Å². The van der Waals surface area contributed by atoms with Gasteiger partial charge in [-0.3, -0.25) is 0 Å². The number of rotatable bonds is 7. The van der Waals surface area contributed by atoms with Gasteiger partial charge in [0.25, 0.3) is 0 Å². The van der Waals surface area contributed by atoms with E-state index in [2.05, 4.69) is 4.72 Å². The Morgan fingerprint density at radius 3 is 2.38 bits per heavy atom. The van der Waals surface area contributed by atoms with Gasteiger partial charge in [0.15, 0.2) is 11.5 Å². The highest BCUT2D eigenvalue weighted by Crippen LogP contribution is 2.33. The van der Waals surface area contributed by atoms with E-state index in [4.69, 9.17) is 9.47 Å². The maximum atomic E-state index is 12.3. The van der Waals surface area contributed by atoms with Crippen molar-refractivity contribution in [1.82, 2.24) is 4.72 Å². The molecule has 1 aliphatic carbocycles. The molecule has 118 valence electrons. The summed E-state index contributed by atoms with van der Waals surface area (Å²) in [5, 5.41) is 9.78. The summed E-state index contributed by atoms with van der Waals surface area (Å²) in [6.45, 7) is 1.72. The molecule has 1 atom stereocenters. The molecule has 0 spiro atoms. The largest absolute Gasteiger partial charge is 0.493 e. The Morgan fingerprint density at radius 2 is 1.86 bits per heavy atom. The number of hydrogen-bond donors (Lipinski definition) is 2. The van der Waals surface area contributed by atoms with Gasteiger partial charge in [0.2, 0.25) is 10.0 Å². The number of hydrogen-bond acceptors (Lipinski definition) is 5. The van der Waals surface area contributed by atoms with Crippen LogP contribution in [0.25, 0.3) is 0 Å². The Hall–Kier alpha value is -1.31. The van der Waals surface area contributed by atoms with Crippen LogP contribution in [-0.4, -0.2) is 40.4 Å². The van der Waals surface area contributed by atoms with Gasteiger partial charge in [-0.25, -0.2) is 13.1 Å². The van der Waals surface area contributed by atoms with Crippen molar-refractivity contribution < 1.29 is 23.0 Å². The molecule has 0 amide bonds. The molecule has 7 heteroatoms. The lowest BCUT2D eigenvalue weighted by atomic mass is 10.2. The van der Waals surface area contributed by atoms with Gasteiger partial charge in [0.1, 0.15) is 0 Å². The van der Waals surface area contributed by atoms with Gasteiger partial charge in [-0.1, -0.05) is 0 Å². The van der Waals surface area contributed by atoms with Gasteiger partial charge in [0, 0.05) is 12.6 Å². The van der Waals surface area contributed by atoms with Crippen molar-refractivity contribution in [3.05, 3.63) is 17.7 Å². The molecule has 1 aromatic carbocycles. The Bertz CT molecular complexity index is 610. The van der Waals surface area contributed by atoms with Crippen molar-refractivity contribution in [2.45, 2.75) is 30.8 Å². The minimum absolute atomic E-state index is 0.0286. The van der Waals surface area contributed by atoms with Crippen LogP contribution in [0.4, 0.5) is 0 Å². The monoisotopic (exact) mass is 315 g/mol. The molecule has 21 heavy (non-hydrogen) atoms. The van der Waals surface area contributed by atoms with Crippen molar-refractivity contribution in [3.8, 4) is 11.5 Å². The predicted octanol–water partition coefficient (Wildman–Crippen LogP) is 1.06. The maximum Gasteiger partial charge on any atom is 0.241 e. The third kappa shape index (κ3) is 3.66. The minimum Gasteiger partial charge on any atom is -0.493 e. The zero-order chi connectivity index (χ0) is 15.6. The third-order valence-electron chi connectivity index (χ3n) is 3.62. The predicted molar refractivity (Wildman–Crippen MR) is 78.2 cm³/mol. The average molecular weight is 315 g/mol. The first-order valence-corrected chi connectivity index (χ1v) is 8.27. The highest BCUT2D eigenvalue weighted by atomic mass is 32.2. The molecule has 6 nitrogen and oxygen atoms in total. The van der Waals surface area contributed by atoms with E-state index in [1.807, 2.05) is 0 Å². The van der Waals surface area contributed by atoms with E-state index in [-0.39, 0.29) is 17.4 Å². The fourth-order valence-electron chi connectivity index (χ4n) is 2.17. The van der Waals surface area contributed by atoms with E-state index in [0.717, 1.165) is 12.8 Å². The van der Waals surface area contributed by atoms with E-state index >= 15 is 0 Å². The molecule has 2 rings (SSSR count). The summed E-state index contributed by atoms with van der Waals surface area (Å²) in [7, 11) is -0.747. The lowest BCUT2D eigenvalue weighted by Gasteiger charge is -2.15. The van der Waals surface area contributed by atoms with Gasteiger partial charge in [-0.05, 0) is 37.3 Å². The summed E-state index contributed by atoms with van der Waals surface area (Å²) in [6, 6.07) is 3.05. The van der Waals surface area contributed by atoms with E-state index in [1.165, 1.54) is 20.3 Å². The number of aryl methyl sites for hydroxylation is 1. The maximum absolute atomic E-state index is 12.3. The van der Waals surface area contributed by atoms with E-state index in [1.54, 1.807) is 13.0 Å². The lowest BCUT2D eigenvalue weighted by molar-refractivity contribution is 0.155. The summed E-state index contributed by atoms with van der Waals surface area (Å²) in [4.78, 5) is 0.128. The van der Waals surface area contributed by atoms with Crippen LogP contribution in [0, 0.1) is 12.8 Å². The van der Waals surface area contributed by atoms with Crippen LogP contribution >= 0.6 is 0 Å². The standard InChI is InChI=1S/C14H21NO5S/c1-9-6-12(19-2)13(20-3)7-14(9)21(17,18)15-8-11(16)10-4-5-10/h6-7,10-11,15-16H,4-5,8H2,1-3H3. The molecule has 2 N–H and O–H groups in total. The van der Waals surface area contributed by atoms with Gasteiger partial charge in [-0.2, -0.15) is 0 Å². The van der Waals surface area contributed by atoms with Gasteiger partial charge in [-0.15, -0.1) is 0 Å². The molecule has 1 aromatic rings. The van der Waals surface area contributed by atoms with Crippen LogP contribution in [0.15, 0.2) is 17.0 Å². The molecule has 1 aliphatic rings. The molecule has 0 radical (unpaired) electrons. The molecular formula is C14H21NO5S. The van der Waals surface area contributed by atoms with Crippen LogP contribution in [0.1, 0.15) is 18.4 Å². The Labute approximate surface area is 125 Å². The molecule has 0 bridgehead atoms. The number of methoxy groups -OCH3 is 2. The van der Waals surface area contributed by atoms with E-state index < -0.39 is 16.1 Å². The lowest BCUT2D eigenvalue weighted by Crippen LogP contribution is -2.33. The number of aliphatic hydroxyl groups is 1. The quantitative estimate of drug-likeness (QED) is 0.786. The van der Waals surface area contributed by atoms with Gasteiger partial charge < -0.3 is 14.6 Å². The molecule has 0 aliphatic heterocycles. The first-order valence-electron chi connectivity index (χ1n) is 6.79. The van der Waals surface area contributed by atoms with Crippen molar-refractivity contribution in [2.24, 2.45) is 5.92 Å². The number of ether oxygens (including phenoxy) is 2. The third-order valence-corrected chi connectivity index (χ3v) is 5.18. The van der Waals surface area contributed by atoms with Crippen LogP contribution in [-0.2, 0) is 10.0 Å². The molecule has 0 heterocycles. The smallest absolute Gasteiger partial charge is 0.241 e. The molecule has 1 fully saturated rings. The summed E-state index contributed by atoms with van der Waals surface area (Å²) in [5.74, 6) is 1.05. The Balaban J connectivity index is 2.22. The van der Waals surface area contributed by atoms with Crippen LogP contribution in [0.2, 0.25) is 0 Å². The second-order valence-corrected chi connectivity index (χ2v) is 6.96. The normalized spacial score (nSPS) is 16.6. The molecule has 1 unspecified atom stereocenters. The first kappa shape index (κ1) is 16.1. The average Bonchev–Trinajstić information content (AvgIpc) is 3.28. The van der Waals surface area contributed by atoms with Crippen molar-refractivity contribution in [3.63, 3.8) is 0 Å². The summed E-state index contributed by atoms with van der Waals surface area (Å²) >= 11 is 0. The summed E-state index contributed by atoms with van der Waals surface area (Å²) in [5.41, 5.74) is 0.557. The van der Waals surface area contributed by atoms with E-state index in [0.29, 0.717) is 17.1 Å². The summed E-state index contributed by atoms with van der Waals surface area (Å²) < 4.78 is 37.4. The first-order chi connectivity index (χ1) is 9.89. The Kier molecular flexibility index (Phi) is 4.75. The van der Waals surface area contributed by atoms with Crippen LogP contribution in [0.3, 0.4) is 0 Å². The highest BCUT2D eigenvalue weighted by molar-refractivity contribution is 7.89. The fraction of sp³-hybridized carbons (Fsp3) is 0.571.